The minimum atomic E-state index is -0.990. The van der Waals surface area contributed by atoms with Crippen molar-refractivity contribution in [2.45, 2.75) is 33.1 Å². The Morgan fingerprint density at radius 2 is 2.15 bits per heavy atom. The van der Waals surface area contributed by atoms with E-state index >= 15 is 0 Å². The van der Waals surface area contributed by atoms with Crippen molar-refractivity contribution in [3.05, 3.63) is 46.7 Å². The van der Waals surface area contributed by atoms with Crippen LogP contribution in [0.25, 0.3) is 6.08 Å². The molecule has 0 saturated carbocycles. The number of hydrogen-bond acceptors (Lipinski definition) is 6. The Labute approximate surface area is 159 Å². The van der Waals surface area contributed by atoms with Crippen LogP contribution in [-0.2, 0) is 11.2 Å². The first-order valence-corrected chi connectivity index (χ1v) is 8.89. The summed E-state index contributed by atoms with van der Waals surface area (Å²) in [4.78, 5) is 19.3. The number of benzene rings is 1. The van der Waals surface area contributed by atoms with E-state index in [2.05, 4.69) is 22.2 Å². The lowest BCUT2D eigenvalue weighted by atomic mass is 10.0. The van der Waals surface area contributed by atoms with Gasteiger partial charge in [0.1, 0.15) is 11.6 Å². The van der Waals surface area contributed by atoms with Crippen LogP contribution >= 0.6 is 0 Å². The number of nitrogens with two attached hydrogens (primary N) is 1. The number of ether oxygens (including phenoxy) is 1. The molecule has 0 bridgehead atoms. The van der Waals surface area contributed by atoms with Crippen LogP contribution in [0, 0.1) is 6.92 Å². The van der Waals surface area contributed by atoms with Gasteiger partial charge in [0.05, 0.1) is 7.11 Å². The summed E-state index contributed by atoms with van der Waals surface area (Å²) in [6.07, 6.45) is 5.33. The standard InChI is InChI=1S/C20H26N4O3/c1-4-5-10-22-19-16(13(2)23-20(21)24-19)12-15-8-6-14(7-9-18(25)26)11-17(15)27-3/h6-9,11H,4-5,10,12H2,1-3H3,(H,25,26)(H3,21,22,23,24)/b9-7+. The maximum atomic E-state index is 10.7. The van der Waals surface area contributed by atoms with Crippen LogP contribution in [0.1, 0.15) is 42.1 Å². The van der Waals surface area contributed by atoms with E-state index in [1.807, 2.05) is 25.1 Å². The first-order chi connectivity index (χ1) is 12.9. The van der Waals surface area contributed by atoms with Gasteiger partial charge in [-0.15, -0.1) is 0 Å². The molecule has 0 unspecified atom stereocenters. The Kier molecular flexibility index (Phi) is 7.16. The van der Waals surface area contributed by atoms with Crippen molar-refractivity contribution < 1.29 is 14.6 Å². The lowest BCUT2D eigenvalue weighted by molar-refractivity contribution is -0.131. The van der Waals surface area contributed by atoms with Crippen molar-refractivity contribution in [3.63, 3.8) is 0 Å². The van der Waals surface area contributed by atoms with Gasteiger partial charge in [-0.25, -0.2) is 9.78 Å². The fourth-order valence-corrected chi connectivity index (χ4v) is 2.73. The summed E-state index contributed by atoms with van der Waals surface area (Å²) in [5.74, 6) is 0.676. The highest BCUT2D eigenvalue weighted by atomic mass is 16.5. The third-order valence-corrected chi connectivity index (χ3v) is 4.15. The van der Waals surface area contributed by atoms with E-state index in [0.717, 1.165) is 53.7 Å². The molecule has 1 aromatic heterocycles. The zero-order chi connectivity index (χ0) is 19.8. The second-order valence-electron chi connectivity index (χ2n) is 6.19. The van der Waals surface area contributed by atoms with E-state index in [0.29, 0.717) is 12.2 Å². The number of aromatic nitrogens is 2. The molecule has 0 radical (unpaired) electrons. The topological polar surface area (TPSA) is 110 Å². The van der Waals surface area contributed by atoms with Gasteiger partial charge in [-0.2, -0.15) is 4.98 Å². The van der Waals surface area contributed by atoms with Crippen LogP contribution in [0.2, 0.25) is 0 Å². The number of nitrogens with zero attached hydrogens (tertiary/aromatic N) is 2. The fraction of sp³-hybridized carbons (Fsp3) is 0.350. The number of nitrogens with one attached hydrogen (secondary N) is 1. The average Bonchev–Trinajstić information content (AvgIpc) is 2.63. The van der Waals surface area contributed by atoms with E-state index in [-0.39, 0.29) is 5.95 Å². The van der Waals surface area contributed by atoms with Crippen LogP contribution < -0.4 is 15.8 Å². The molecule has 2 aromatic rings. The van der Waals surface area contributed by atoms with Crippen LogP contribution in [0.15, 0.2) is 24.3 Å². The molecule has 0 saturated heterocycles. The molecular formula is C20H26N4O3. The number of rotatable bonds is 9. The summed E-state index contributed by atoms with van der Waals surface area (Å²) >= 11 is 0. The Hall–Kier alpha value is -3.09. The molecular weight excluding hydrogens is 344 g/mol. The van der Waals surface area contributed by atoms with Gasteiger partial charge in [-0.1, -0.05) is 25.5 Å². The predicted octanol–water partition coefficient (Wildman–Crippen LogP) is 3.28. The molecule has 0 aliphatic carbocycles. The van der Waals surface area contributed by atoms with Gasteiger partial charge in [-0.3, -0.25) is 0 Å². The van der Waals surface area contributed by atoms with Crippen molar-refractivity contribution >= 4 is 23.8 Å². The zero-order valence-corrected chi connectivity index (χ0v) is 16.0. The zero-order valence-electron chi connectivity index (χ0n) is 16.0. The van der Waals surface area contributed by atoms with Crippen LogP contribution in [0.3, 0.4) is 0 Å². The molecule has 0 aliphatic rings. The van der Waals surface area contributed by atoms with E-state index in [9.17, 15) is 4.79 Å². The smallest absolute Gasteiger partial charge is 0.328 e. The van der Waals surface area contributed by atoms with Gasteiger partial charge in [-0.05, 0) is 36.6 Å². The van der Waals surface area contributed by atoms with Crippen molar-refractivity contribution in [2.24, 2.45) is 0 Å². The summed E-state index contributed by atoms with van der Waals surface area (Å²) in [5.41, 5.74) is 9.31. The summed E-state index contributed by atoms with van der Waals surface area (Å²) in [7, 11) is 1.59. The number of hydrogen-bond donors (Lipinski definition) is 3. The molecule has 0 atom stereocenters. The van der Waals surface area contributed by atoms with Crippen molar-refractivity contribution in [1.82, 2.24) is 9.97 Å². The molecule has 27 heavy (non-hydrogen) atoms. The van der Waals surface area contributed by atoms with Gasteiger partial charge >= 0.3 is 5.97 Å². The number of methoxy groups -OCH3 is 1. The van der Waals surface area contributed by atoms with Gasteiger partial charge in [0.15, 0.2) is 0 Å². The monoisotopic (exact) mass is 370 g/mol. The predicted molar refractivity (Wildman–Crippen MR) is 107 cm³/mol. The SMILES string of the molecule is CCCCNc1nc(N)nc(C)c1Cc1ccc(/C=C/C(=O)O)cc1OC. The number of carbonyl (C=O) groups is 1. The minimum absolute atomic E-state index is 0.247. The molecule has 7 heteroatoms. The molecule has 4 N–H and O–H groups in total. The third kappa shape index (κ3) is 5.70. The van der Waals surface area contributed by atoms with Gasteiger partial charge in [0.25, 0.3) is 0 Å². The Morgan fingerprint density at radius 1 is 1.37 bits per heavy atom. The molecule has 1 aromatic carbocycles. The quantitative estimate of drug-likeness (QED) is 0.459. The second-order valence-corrected chi connectivity index (χ2v) is 6.19. The molecule has 2 rings (SSSR count). The summed E-state index contributed by atoms with van der Waals surface area (Å²) in [6.45, 7) is 4.86. The minimum Gasteiger partial charge on any atom is -0.496 e. The summed E-state index contributed by atoms with van der Waals surface area (Å²) < 4.78 is 5.50. The van der Waals surface area contributed by atoms with Crippen molar-refractivity contribution in [1.29, 1.82) is 0 Å². The van der Waals surface area contributed by atoms with Crippen molar-refractivity contribution in [3.8, 4) is 5.75 Å². The number of nitrogen functional groups attached to an aromatic ring is 1. The highest BCUT2D eigenvalue weighted by molar-refractivity contribution is 5.85. The first-order valence-electron chi connectivity index (χ1n) is 8.89. The fourth-order valence-electron chi connectivity index (χ4n) is 2.73. The summed E-state index contributed by atoms with van der Waals surface area (Å²) in [6, 6.07) is 5.59. The molecule has 0 aliphatic heterocycles. The molecule has 7 nitrogen and oxygen atoms in total. The maximum absolute atomic E-state index is 10.7. The number of carboxylic acids is 1. The largest absolute Gasteiger partial charge is 0.496 e. The molecule has 1 heterocycles. The van der Waals surface area contributed by atoms with Crippen LogP contribution in [0.5, 0.6) is 5.75 Å². The highest BCUT2D eigenvalue weighted by Crippen LogP contribution is 2.28. The van der Waals surface area contributed by atoms with E-state index < -0.39 is 5.97 Å². The average molecular weight is 370 g/mol. The van der Waals surface area contributed by atoms with Gasteiger partial charge in [0, 0.05) is 30.3 Å². The second kappa shape index (κ2) is 9.56. The summed E-state index contributed by atoms with van der Waals surface area (Å²) in [5, 5.41) is 12.1. The Bertz CT molecular complexity index is 834. The number of anilines is 2. The molecule has 144 valence electrons. The Balaban J connectivity index is 2.34. The Morgan fingerprint density at radius 3 is 2.81 bits per heavy atom. The van der Waals surface area contributed by atoms with Gasteiger partial charge in [0.2, 0.25) is 5.95 Å². The molecule has 0 spiro atoms. The van der Waals surface area contributed by atoms with E-state index in [4.69, 9.17) is 15.6 Å². The van der Waals surface area contributed by atoms with Crippen LogP contribution in [-0.4, -0.2) is 34.7 Å². The van der Waals surface area contributed by atoms with E-state index in [1.165, 1.54) is 6.08 Å². The number of aryl methyl sites for hydroxylation is 1. The van der Waals surface area contributed by atoms with Crippen LogP contribution in [0.4, 0.5) is 11.8 Å². The van der Waals surface area contributed by atoms with Crippen molar-refractivity contribution in [2.75, 3.05) is 24.7 Å². The highest BCUT2D eigenvalue weighted by Gasteiger charge is 2.14. The number of unbranched alkanes of at least 4 members (excludes halogenated alkanes) is 1. The van der Waals surface area contributed by atoms with E-state index in [1.54, 1.807) is 7.11 Å². The maximum Gasteiger partial charge on any atom is 0.328 e. The first kappa shape index (κ1) is 20.2. The number of aliphatic carboxylic acids is 1. The molecule has 0 amide bonds. The number of carboxylic acid groups (broad SMARTS) is 1. The lowest BCUT2D eigenvalue weighted by Crippen LogP contribution is -2.11. The van der Waals surface area contributed by atoms with Gasteiger partial charge < -0.3 is 20.9 Å². The normalized spacial score (nSPS) is 10.9. The lowest BCUT2D eigenvalue weighted by Gasteiger charge is -2.15. The molecule has 0 fully saturated rings. The third-order valence-electron chi connectivity index (χ3n) is 4.15.